The number of sulfone groups is 1. The molecule has 2 aromatic carbocycles. The van der Waals surface area contributed by atoms with Gasteiger partial charge in [0.1, 0.15) is 11.9 Å². The van der Waals surface area contributed by atoms with Crippen molar-refractivity contribution in [2.45, 2.75) is 49.8 Å². The third kappa shape index (κ3) is 6.36. The topological polar surface area (TPSA) is 123 Å². The normalized spacial score (nSPS) is 16.0. The predicted octanol–water partition coefficient (Wildman–Crippen LogP) is 4.74. The van der Waals surface area contributed by atoms with Crippen molar-refractivity contribution >= 4 is 21.6 Å². The maximum Gasteiger partial charge on any atom is 0.417 e. The molecule has 0 radical (unpaired) electrons. The van der Waals surface area contributed by atoms with Crippen LogP contribution >= 0.6 is 0 Å². The molecule has 2 heterocycles. The summed E-state index contributed by atoms with van der Waals surface area (Å²) in [5.74, 6) is -0.371. The summed E-state index contributed by atoms with van der Waals surface area (Å²) < 4.78 is 63.7. The first-order valence-corrected chi connectivity index (χ1v) is 14.7. The summed E-state index contributed by atoms with van der Waals surface area (Å²) in [6, 6.07) is 13.0. The Bertz CT molecular complexity index is 1590. The standard InChI is InChI=1S/C29H29F3N4O4S/c1-3-18-15-36(27-21(13-33)12-23(14-34-27)29(30,31)32)16-22-11-20(7-10-25(18)22)28(38)35-26(17-37)19-5-8-24(9-6-19)41(39,40)4-2/h5-12,14,18,26,37H,3-4,15-17H2,1-2H3,(H,35,38)/t18-,26+/m1/s1. The van der Waals surface area contributed by atoms with Gasteiger partial charge in [-0.2, -0.15) is 18.4 Å². The van der Waals surface area contributed by atoms with Gasteiger partial charge in [0.2, 0.25) is 0 Å². The molecule has 3 aromatic rings. The monoisotopic (exact) mass is 586 g/mol. The van der Waals surface area contributed by atoms with Crippen LogP contribution in [-0.2, 0) is 22.6 Å². The Morgan fingerprint density at radius 3 is 2.49 bits per heavy atom. The molecule has 0 saturated carbocycles. The van der Waals surface area contributed by atoms with E-state index in [0.717, 1.165) is 23.4 Å². The van der Waals surface area contributed by atoms with Gasteiger partial charge < -0.3 is 15.3 Å². The van der Waals surface area contributed by atoms with Crippen molar-refractivity contribution in [3.05, 3.63) is 88.1 Å². The molecule has 2 atom stereocenters. The number of nitrogens with zero attached hydrogens (tertiary/aromatic N) is 3. The Balaban J connectivity index is 1.59. The van der Waals surface area contributed by atoms with Crippen molar-refractivity contribution in [1.29, 1.82) is 5.26 Å². The number of aliphatic hydroxyl groups excluding tert-OH is 1. The van der Waals surface area contributed by atoms with Crippen molar-refractivity contribution in [3.63, 3.8) is 0 Å². The summed E-state index contributed by atoms with van der Waals surface area (Å²) in [5.41, 5.74) is 1.43. The fourth-order valence-electron chi connectivity index (χ4n) is 4.92. The van der Waals surface area contributed by atoms with Crippen LogP contribution in [0.5, 0.6) is 0 Å². The summed E-state index contributed by atoms with van der Waals surface area (Å²) in [6.07, 6.45) is -3.19. The number of aromatic nitrogens is 1. The van der Waals surface area contributed by atoms with Gasteiger partial charge in [0.05, 0.1) is 34.4 Å². The minimum atomic E-state index is -4.62. The molecule has 0 fully saturated rings. The summed E-state index contributed by atoms with van der Waals surface area (Å²) in [4.78, 5) is 19.1. The van der Waals surface area contributed by atoms with E-state index >= 15 is 0 Å². The number of alkyl halides is 3. The van der Waals surface area contributed by atoms with Crippen molar-refractivity contribution in [3.8, 4) is 6.07 Å². The second-order valence-electron chi connectivity index (χ2n) is 9.79. The average Bonchev–Trinajstić information content (AvgIpc) is 2.98. The number of hydrogen-bond donors (Lipinski definition) is 2. The van der Waals surface area contributed by atoms with Crippen LogP contribution in [0.2, 0.25) is 0 Å². The van der Waals surface area contributed by atoms with Crippen molar-refractivity contribution in [1.82, 2.24) is 10.3 Å². The van der Waals surface area contributed by atoms with Crippen LogP contribution < -0.4 is 10.2 Å². The van der Waals surface area contributed by atoms with E-state index in [0.29, 0.717) is 24.1 Å². The number of carbonyl (C=O) groups is 1. The SMILES string of the molecule is CC[C@@H]1CN(c2ncc(C(F)(F)F)cc2C#N)Cc2cc(C(=O)N[C@@H](CO)c3ccc(S(=O)(=O)CC)cc3)ccc21. The number of amides is 1. The number of anilines is 1. The van der Waals surface area contributed by atoms with Crippen LogP contribution in [0.3, 0.4) is 0 Å². The molecule has 41 heavy (non-hydrogen) atoms. The summed E-state index contributed by atoms with van der Waals surface area (Å²) in [5, 5.41) is 22.3. The van der Waals surface area contributed by atoms with E-state index in [2.05, 4.69) is 10.3 Å². The smallest absolute Gasteiger partial charge is 0.394 e. The molecule has 0 saturated heterocycles. The highest BCUT2D eigenvalue weighted by Gasteiger charge is 2.33. The van der Waals surface area contributed by atoms with E-state index in [-0.39, 0.29) is 34.5 Å². The number of nitriles is 1. The molecule has 0 aliphatic carbocycles. The van der Waals surface area contributed by atoms with Gasteiger partial charge in [-0.25, -0.2) is 13.4 Å². The van der Waals surface area contributed by atoms with Crippen LogP contribution in [-0.4, -0.2) is 43.3 Å². The zero-order valence-electron chi connectivity index (χ0n) is 22.4. The minimum absolute atomic E-state index is 0.00500. The first kappa shape index (κ1) is 30.0. The Morgan fingerprint density at radius 2 is 1.90 bits per heavy atom. The first-order chi connectivity index (χ1) is 19.4. The number of carbonyl (C=O) groups excluding carboxylic acids is 1. The van der Waals surface area contributed by atoms with Gasteiger partial charge >= 0.3 is 6.18 Å². The fraction of sp³-hybridized carbons (Fsp3) is 0.345. The lowest BCUT2D eigenvalue weighted by molar-refractivity contribution is -0.137. The van der Waals surface area contributed by atoms with E-state index in [1.54, 1.807) is 36.1 Å². The molecule has 8 nitrogen and oxygen atoms in total. The highest BCUT2D eigenvalue weighted by atomic mass is 32.2. The number of nitrogens with one attached hydrogen (secondary N) is 1. The Hall–Kier alpha value is -3.95. The second-order valence-corrected chi connectivity index (χ2v) is 12.1. The number of rotatable bonds is 8. The fourth-order valence-corrected chi connectivity index (χ4v) is 5.81. The quantitative estimate of drug-likeness (QED) is 0.391. The lowest BCUT2D eigenvalue weighted by atomic mass is 9.86. The number of halogens is 3. The molecule has 216 valence electrons. The maximum absolute atomic E-state index is 13.2. The van der Waals surface area contributed by atoms with Gasteiger partial charge in [-0.1, -0.05) is 32.0 Å². The molecular weight excluding hydrogens is 557 g/mol. The lowest BCUT2D eigenvalue weighted by Gasteiger charge is -2.36. The summed E-state index contributed by atoms with van der Waals surface area (Å²) in [7, 11) is -3.39. The Labute approximate surface area is 236 Å². The lowest BCUT2D eigenvalue weighted by Crippen LogP contribution is -2.35. The molecule has 2 N–H and O–H groups in total. The highest BCUT2D eigenvalue weighted by Crippen LogP contribution is 2.36. The minimum Gasteiger partial charge on any atom is -0.394 e. The molecule has 12 heteroatoms. The van der Waals surface area contributed by atoms with Crippen LogP contribution in [0.25, 0.3) is 0 Å². The number of hydrogen-bond acceptors (Lipinski definition) is 7. The van der Waals surface area contributed by atoms with Gasteiger partial charge in [0.25, 0.3) is 5.91 Å². The Kier molecular flexibility index (Phi) is 8.70. The summed E-state index contributed by atoms with van der Waals surface area (Å²) >= 11 is 0. The molecule has 0 spiro atoms. The third-order valence-electron chi connectivity index (χ3n) is 7.26. The van der Waals surface area contributed by atoms with Crippen LogP contribution in [0.1, 0.15) is 70.4 Å². The number of aliphatic hydroxyl groups is 1. The van der Waals surface area contributed by atoms with E-state index in [9.17, 15) is 36.8 Å². The third-order valence-corrected chi connectivity index (χ3v) is 9.01. The number of fused-ring (bicyclic) bond motifs is 1. The van der Waals surface area contributed by atoms with Crippen LogP contribution in [0.4, 0.5) is 19.0 Å². The second kappa shape index (κ2) is 11.9. The predicted molar refractivity (Wildman–Crippen MR) is 146 cm³/mol. The van der Waals surface area contributed by atoms with Crippen molar-refractivity contribution < 1.29 is 31.5 Å². The number of benzene rings is 2. The highest BCUT2D eigenvalue weighted by molar-refractivity contribution is 7.91. The maximum atomic E-state index is 13.2. The molecule has 1 amide bonds. The average molecular weight is 587 g/mol. The molecule has 1 aliphatic rings. The van der Waals surface area contributed by atoms with E-state index in [1.165, 1.54) is 12.1 Å². The summed E-state index contributed by atoms with van der Waals surface area (Å²) in [6.45, 7) is 3.78. The van der Waals surface area contributed by atoms with E-state index in [4.69, 9.17) is 0 Å². The molecule has 0 bridgehead atoms. The van der Waals surface area contributed by atoms with Crippen LogP contribution in [0.15, 0.2) is 59.6 Å². The van der Waals surface area contributed by atoms with E-state index < -0.39 is 40.1 Å². The van der Waals surface area contributed by atoms with E-state index in [1.807, 2.05) is 19.1 Å². The van der Waals surface area contributed by atoms with Gasteiger partial charge in [0.15, 0.2) is 9.84 Å². The molecule has 1 aromatic heterocycles. The zero-order valence-corrected chi connectivity index (χ0v) is 23.3. The Morgan fingerprint density at radius 1 is 1.20 bits per heavy atom. The van der Waals surface area contributed by atoms with Crippen LogP contribution in [0, 0.1) is 11.3 Å². The first-order valence-electron chi connectivity index (χ1n) is 13.0. The van der Waals surface area contributed by atoms with Gasteiger partial charge in [-0.15, -0.1) is 0 Å². The van der Waals surface area contributed by atoms with Crippen molar-refractivity contribution in [2.75, 3.05) is 23.8 Å². The molecule has 1 aliphatic heterocycles. The van der Waals surface area contributed by atoms with Gasteiger partial charge in [0, 0.05) is 30.8 Å². The van der Waals surface area contributed by atoms with Gasteiger partial charge in [-0.3, -0.25) is 4.79 Å². The molecule has 4 rings (SSSR count). The zero-order chi connectivity index (χ0) is 29.9. The van der Waals surface area contributed by atoms with Crippen molar-refractivity contribution in [2.24, 2.45) is 0 Å². The largest absolute Gasteiger partial charge is 0.417 e. The number of pyridine rings is 1. The van der Waals surface area contributed by atoms with Gasteiger partial charge in [-0.05, 0) is 53.4 Å². The molecular formula is C29H29F3N4O4S. The molecule has 0 unspecified atom stereocenters.